The average Bonchev–Trinajstić information content (AvgIpc) is 2.71. The Morgan fingerprint density at radius 2 is 1.76 bits per heavy atom. The van der Waals surface area contributed by atoms with Gasteiger partial charge in [-0.05, 0) is 49.4 Å². The topological polar surface area (TPSA) is 102 Å². The Bertz CT molecular complexity index is 843. The van der Waals surface area contributed by atoms with Crippen LogP contribution in [0.1, 0.15) is 22.8 Å². The molecule has 3 rings (SSSR count). The largest absolute Gasteiger partial charge is 0.401 e. The smallest absolute Gasteiger partial charge is 0.248 e. The average molecular weight is 358 g/mol. The van der Waals surface area contributed by atoms with Crippen molar-refractivity contribution in [3.8, 4) is 0 Å². The summed E-state index contributed by atoms with van der Waals surface area (Å²) >= 11 is 6.01. The van der Waals surface area contributed by atoms with Crippen LogP contribution in [0, 0.1) is 0 Å². The van der Waals surface area contributed by atoms with Crippen LogP contribution in [0.15, 0.2) is 48.2 Å². The Morgan fingerprint density at radius 1 is 1.08 bits per heavy atom. The van der Waals surface area contributed by atoms with Crippen LogP contribution in [0.5, 0.6) is 0 Å². The van der Waals surface area contributed by atoms with Crippen molar-refractivity contribution in [1.82, 2.24) is 5.01 Å². The third-order valence-electron chi connectivity index (χ3n) is 4.19. The molecule has 0 bridgehead atoms. The van der Waals surface area contributed by atoms with E-state index in [2.05, 4.69) is 4.90 Å². The lowest BCUT2D eigenvalue weighted by atomic mass is 10.0. The van der Waals surface area contributed by atoms with Crippen LogP contribution in [0.2, 0.25) is 5.02 Å². The molecule has 1 aliphatic rings. The number of rotatable bonds is 2. The van der Waals surface area contributed by atoms with Gasteiger partial charge in [0.25, 0.3) is 0 Å². The van der Waals surface area contributed by atoms with Crippen molar-refractivity contribution < 1.29 is 4.79 Å². The van der Waals surface area contributed by atoms with Crippen LogP contribution >= 0.6 is 11.6 Å². The first-order valence-electron chi connectivity index (χ1n) is 7.84. The van der Waals surface area contributed by atoms with E-state index in [0.29, 0.717) is 29.4 Å². The summed E-state index contributed by atoms with van der Waals surface area (Å²) in [6.07, 6.45) is 0. The number of anilines is 2. The Kier molecular flexibility index (Phi) is 4.57. The highest BCUT2D eigenvalue weighted by molar-refractivity contribution is 6.30. The second-order valence-corrected chi connectivity index (χ2v) is 6.39. The zero-order valence-electron chi connectivity index (χ0n) is 13.9. The first-order chi connectivity index (χ1) is 11.9. The number of hydrogen-bond acceptors (Lipinski definition) is 5. The number of primary amides is 1. The van der Waals surface area contributed by atoms with E-state index in [0.717, 1.165) is 22.6 Å². The number of nitrogens with two attached hydrogens (primary N) is 3. The van der Waals surface area contributed by atoms with Gasteiger partial charge < -0.3 is 21.4 Å². The van der Waals surface area contributed by atoms with Gasteiger partial charge in [0.2, 0.25) is 5.91 Å². The maximum absolute atomic E-state index is 11.7. The van der Waals surface area contributed by atoms with Crippen molar-refractivity contribution in [2.24, 2.45) is 17.3 Å². The number of nitrogens with zero attached hydrogens (tertiary/aromatic N) is 2. The van der Waals surface area contributed by atoms with Crippen molar-refractivity contribution in [1.29, 1.82) is 0 Å². The zero-order chi connectivity index (χ0) is 18.1. The molecule has 25 heavy (non-hydrogen) atoms. The minimum atomic E-state index is -0.484. The van der Waals surface area contributed by atoms with Crippen LogP contribution in [-0.2, 0) is 0 Å². The molecule has 0 spiro atoms. The lowest BCUT2D eigenvalue weighted by molar-refractivity contribution is 0.100. The highest BCUT2D eigenvalue weighted by atomic mass is 35.5. The number of hydrazine groups is 1. The zero-order valence-corrected chi connectivity index (χ0v) is 14.6. The fraction of sp³-hybridized carbons (Fsp3) is 0.167. The molecule has 0 radical (unpaired) electrons. The number of amides is 1. The van der Waals surface area contributed by atoms with E-state index in [1.807, 2.05) is 30.3 Å². The number of carbonyl (C=O) groups is 1. The van der Waals surface area contributed by atoms with Gasteiger partial charge >= 0.3 is 0 Å². The maximum Gasteiger partial charge on any atom is 0.248 e. The normalized spacial score (nSPS) is 16.3. The molecule has 6 nitrogen and oxygen atoms in total. The number of benzene rings is 2. The highest BCUT2D eigenvalue weighted by Gasteiger charge is 2.25. The summed E-state index contributed by atoms with van der Waals surface area (Å²) in [4.78, 5) is 13.7. The summed E-state index contributed by atoms with van der Waals surface area (Å²) in [7, 11) is 0. The molecular weight excluding hydrogens is 338 g/mol. The number of hydrogen-bond donors (Lipinski definition) is 3. The van der Waals surface area contributed by atoms with Gasteiger partial charge in [0, 0.05) is 34.1 Å². The van der Waals surface area contributed by atoms with E-state index in [-0.39, 0.29) is 0 Å². The van der Waals surface area contributed by atoms with Crippen molar-refractivity contribution >= 4 is 34.6 Å². The second-order valence-electron chi connectivity index (χ2n) is 5.95. The first-order valence-corrected chi connectivity index (χ1v) is 8.22. The fourth-order valence-electron chi connectivity index (χ4n) is 3.03. The van der Waals surface area contributed by atoms with Crippen molar-refractivity contribution in [3.05, 3.63) is 64.3 Å². The first kappa shape index (κ1) is 17.1. The predicted octanol–water partition coefficient (Wildman–Crippen LogP) is 2.41. The molecule has 0 fully saturated rings. The van der Waals surface area contributed by atoms with Crippen LogP contribution in [0.3, 0.4) is 0 Å². The quantitative estimate of drug-likeness (QED) is 0.716. The molecule has 130 valence electrons. The molecule has 1 amide bonds. The number of allylic oxidation sites excluding steroid dienone is 1. The Balaban J connectivity index is 2.23. The molecule has 0 saturated heterocycles. The molecule has 6 N–H and O–H groups in total. The summed E-state index contributed by atoms with van der Waals surface area (Å²) in [6.45, 7) is 2.98. The Labute approximate surface area is 151 Å². The van der Waals surface area contributed by atoms with E-state index in [1.165, 1.54) is 0 Å². The number of carbonyl (C=O) groups excluding carboxylic acids is 1. The second kappa shape index (κ2) is 6.66. The van der Waals surface area contributed by atoms with Crippen LogP contribution in [0.4, 0.5) is 11.4 Å². The molecular formula is C18H20ClN5O. The molecule has 2 aromatic rings. The molecule has 7 heteroatoms. The van der Waals surface area contributed by atoms with Crippen molar-refractivity contribution in [2.45, 2.75) is 6.92 Å². The van der Waals surface area contributed by atoms with Gasteiger partial charge in [-0.3, -0.25) is 4.79 Å². The molecule has 0 unspecified atom stereocenters. The summed E-state index contributed by atoms with van der Waals surface area (Å²) in [5, 5.41) is 2.29. The van der Waals surface area contributed by atoms with E-state index in [9.17, 15) is 4.79 Å². The van der Waals surface area contributed by atoms with Gasteiger partial charge in [-0.1, -0.05) is 11.6 Å². The van der Waals surface area contributed by atoms with E-state index < -0.39 is 5.91 Å². The summed E-state index contributed by atoms with van der Waals surface area (Å²) < 4.78 is 0. The molecule has 0 aromatic heterocycles. The monoisotopic (exact) mass is 357 g/mol. The van der Waals surface area contributed by atoms with Gasteiger partial charge in [0.1, 0.15) is 0 Å². The predicted molar refractivity (Wildman–Crippen MR) is 101 cm³/mol. The standard InChI is InChI=1S/C18H20ClN5O/c1-11(20)17-15-7-2-12(18(21)25)10-16(15)23(8-9-24(17)22)14-5-3-13(19)4-6-14/h2-7,10H,8-9,20,22H2,1H3,(H2,21,25)/b17-11-. The molecule has 1 aliphatic heterocycles. The summed E-state index contributed by atoms with van der Waals surface area (Å²) in [5.74, 6) is 5.73. The molecule has 0 atom stereocenters. The summed E-state index contributed by atoms with van der Waals surface area (Å²) in [5.41, 5.74) is 15.9. The molecule has 2 aromatic carbocycles. The van der Waals surface area contributed by atoms with E-state index >= 15 is 0 Å². The van der Waals surface area contributed by atoms with E-state index in [1.54, 1.807) is 24.1 Å². The minimum absolute atomic E-state index is 0.428. The minimum Gasteiger partial charge on any atom is -0.401 e. The Morgan fingerprint density at radius 3 is 2.36 bits per heavy atom. The molecule has 0 saturated carbocycles. The van der Waals surface area contributed by atoms with Gasteiger partial charge in [-0.25, -0.2) is 5.84 Å². The van der Waals surface area contributed by atoms with E-state index in [4.69, 9.17) is 28.9 Å². The van der Waals surface area contributed by atoms with Gasteiger partial charge in [0.15, 0.2) is 0 Å². The van der Waals surface area contributed by atoms with Crippen molar-refractivity contribution in [3.63, 3.8) is 0 Å². The van der Waals surface area contributed by atoms with Crippen LogP contribution in [-0.4, -0.2) is 24.0 Å². The highest BCUT2D eigenvalue weighted by Crippen LogP contribution is 2.37. The summed E-state index contributed by atoms with van der Waals surface area (Å²) in [6, 6.07) is 12.8. The van der Waals surface area contributed by atoms with Gasteiger partial charge in [0.05, 0.1) is 17.9 Å². The number of fused-ring (bicyclic) bond motifs is 1. The van der Waals surface area contributed by atoms with Crippen LogP contribution in [0.25, 0.3) is 5.70 Å². The third kappa shape index (κ3) is 3.26. The van der Waals surface area contributed by atoms with Crippen molar-refractivity contribution in [2.75, 3.05) is 18.0 Å². The SMILES string of the molecule is C/C(N)=C1\c2ccc(C(N)=O)cc2N(c2ccc(Cl)cc2)CCN1N. The fourth-order valence-corrected chi connectivity index (χ4v) is 3.16. The lowest BCUT2D eigenvalue weighted by Gasteiger charge is -2.25. The maximum atomic E-state index is 11.7. The van der Waals surface area contributed by atoms with Gasteiger partial charge in [-0.15, -0.1) is 0 Å². The molecule has 0 aliphatic carbocycles. The Hall–Kier alpha value is -2.70. The van der Waals surface area contributed by atoms with Crippen LogP contribution < -0.4 is 22.2 Å². The van der Waals surface area contributed by atoms with Gasteiger partial charge in [-0.2, -0.15) is 0 Å². The molecule has 1 heterocycles. The lowest BCUT2D eigenvalue weighted by Crippen LogP contribution is -2.34. The third-order valence-corrected chi connectivity index (χ3v) is 4.44. The number of halogens is 1.